The first-order valence-electron chi connectivity index (χ1n) is 6.37. The van der Waals surface area contributed by atoms with Gasteiger partial charge in [0.15, 0.2) is 0 Å². The summed E-state index contributed by atoms with van der Waals surface area (Å²) < 4.78 is 5.44. The van der Waals surface area contributed by atoms with E-state index in [2.05, 4.69) is 33.5 Å². The fraction of sp³-hybridized carbons (Fsp3) is 0.357. The summed E-state index contributed by atoms with van der Waals surface area (Å²) in [4.78, 5) is 1.22. The molecule has 19 heavy (non-hydrogen) atoms. The van der Waals surface area contributed by atoms with Crippen LogP contribution in [0.3, 0.4) is 0 Å². The molecular formula is C14H19N3OS. The predicted molar refractivity (Wildman–Crippen MR) is 79.2 cm³/mol. The maximum Gasteiger partial charge on any atom is 0.0794 e. The van der Waals surface area contributed by atoms with Crippen LogP contribution in [0, 0.1) is 0 Å². The normalized spacial score (nSPS) is 10.7. The average molecular weight is 277 g/mol. The van der Waals surface area contributed by atoms with Gasteiger partial charge in [-0.3, -0.25) is 5.10 Å². The average Bonchev–Trinajstić information content (AvgIpc) is 3.08. The number of aromatic amines is 1. The van der Waals surface area contributed by atoms with Gasteiger partial charge in [0.05, 0.1) is 30.0 Å². The van der Waals surface area contributed by atoms with E-state index in [1.165, 1.54) is 10.4 Å². The Labute approximate surface area is 117 Å². The molecule has 0 spiro atoms. The second kappa shape index (κ2) is 7.89. The van der Waals surface area contributed by atoms with Gasteiger partial charge in [-0.1, -0.05) is 12.1 Å². The molecule has 2 heterocycles. The quantitative estimate of drug-likeness (QED) is 0.547. The van der Waals surface area contributed by atoms with Gasteiger partial charge in [-0.05, 0) is 17.9 Å². The standard InChI is InChI=1S/C14H19N3OS/c1-2-3-7-18-8-6-15-10-12-11-16-17-14(12)13-5-4-9-19-13/h2,4-5,9,11,15H,1,3,6-8,10H2,(H,16,17). The maximum absolute atomic E-state index is 5.44. The van der Waals surface area contributed by atoms with Crippen molar-refractivity contribution in [1.29, 1.82) is 0 Å². The van der Waals surface area contributed by atoms with Gasteiger partial charge in [0.2, 0.25) is 0 Å². The van der Waals surface area contributed by atoms with Crippen LogP contribution in [-0.4, -0.2) is 30.0 Å². The highest BCUT2D eigenvalue weighted by atomic mass is 32.1. The molecule has 5 heteroatoms. The predicted octanol–water partition coefficient (Wildman–Crippen LogP) is 2.82. The van der Waals surface area contributed by atoms with E-state index < -0.39 is 0 Å². The van der Waals surface area contributed by atoms with Crippen molar-refractivity contribution in [2.75, 3.05) is 19.8 Å². The van der Waals surface area contributed by atoms with Crippen molar-refractivity contribution in [1.82, 2.24) is 15.5 Å². The molecule has 4 nitrogen and oxygen atoms in total. The Hall–Kier alpha value is -1.43. The van der Waals surface area contributed by atoms with Gasteiger partial charge in [0, 0.05) is 18.7 Å². The van der Waals surface area contributed by atoms with Gasteiger partial charge >= 0.3 is 0 Å². The van der Waals surface area contributed by atoms with Crippen LogP contribution < -0.4 is 5.32 Å². The number of nitrogens with one attached hydrogen (secondary N) is 2. The topological polar surface area (TPSA) is 49.9 Å². The lowest BCUT2D eigenvalue weighted by Crippen LogP contribution is -2.19. The van der Waals surface area contributed by atoms with Gasteiger partial charge in [0.25, 0.3) is 0 Å². The number of thiophene rings is 1. The minimum absolute atomic E-state index is 0.722. The van der Waals surface area contributed by atoms with E-state index in [0.717, 1.165) is 38.4 Å². The van der Waals surface area contributed by atoms with Crippen molar-refractivity contribution in [2.24, 2.45) is 0 Å². The van der Waals surface area contributed by atoms with Gasteiger partial charge in [-0.15, -0.1) is 17.9 Å². The summed E-state index contributed by atoms with van der Waals surface area (Å²) in [5, 5.41) is 12.6. The SMILES string of the molecule is C=CCCOCCNCc1cn[nH]c1-c1cccs1. The fourth-order valence-corrected chi connectivity index (χ4v) is 2.47. The molecule has 0 radical (unpaired) electrons. The Balaban J connectivity index is 1.72. The third-order valence-corrected chi connectivity index (χ3v) is 3.58. The molecule has 0 saturated carbocycles. The zero-order valence-electron chi connectivity index (χ0n) is 10.9. The van der Waals surface area contributed by atoms with Crippen LogP contribution in [-0.2, 0) is 11.3 Å². The van der Waals surface area contributed by atoms with Crippen LogP contribution >= 0.6 is 11.3 Å². The molecule has 0 unspecified atom stereocenters. The molecule has 2 aromatic heterocycles. The molecule has 2 aromatic rings. The van der Waals surface area contributed by atoms with Crippen molar-refractivity contribution < 1.29 is 4.74 Å². The van der Waals surface area contributed by atoms with Crippen LogP contribution in [0.2, 0.25) is 0 Å². The van der Waals surface area contributed by atoms with Gasteiger partial charge in [-0.2, -0.15) is 5.10 Å². The van der Waals surface area contributed by atoms with Crippen LogP contribution in [0.25, 0.3) is 10.6 Å². The van der Waals surface area contributed by atoms with E-state index in [-0.39, 0.29) is 0 Å². The zero-order chi connectivity index (χ0) is 13.3. The summed E-state index contributed by atoms with van der Waals surface area (Å²) in [7, 11) is 0. The Morgan fingerprint density at radius 2 is 2.42 bits per heavy atom. The van der Waals surface area contributed by atoms with Crippen molar-refractivity contribution >= 4 is 11.3 Å². The van der Waals surface area contributed by atoms with E-state index in [9.17, 15) is 0 Å². The van der Waals surface area contributed by atoms with Crippen LogP contribution in [0.15, 0.2) is 36.4 Å². The molecule has 0 aliphatic carbocycles. The fourth-order valence-electron chi connectivity index (χ4n) is 1.72. The van der Waals surface area contributed by atoms with Crippen molar-refractivity contribution in [2.45, 2.75) is 13.0 Å². The highest BCUT2D eigenvalue weighted by molar-refractivity contribution is 7.13. The lowest BCUT2D eigenvalue weighted by molar-refractivity contribution is 0.140. The summed E-state index contributed by atoms with van der Waals surface area (Å²) in [5.74, 6) is 0. The van der Waals surface area contributed by atoms with Crippen molar-refractivity contribution in [3.63, 3.8) is 0 Å². The van der Waals surface area contributed by atoms with E-state index in [0.29, 0.717) is 0 Å². The molecular weight excluding hydrogens is 258 g/mol. The highest BCUT2D eigenvalue weighted by Crippen LogP contribution is 2.25. The van der Waals surface area contributed by atoms with Crippen LogP contribution in [0.1, 0.15) is 12.0 Å². The first kappa shape index (κ1) is 14.0. The lowest BCUT2D eigenvalue weighted by Gasteiger charge is -2.05. The number of rotatable bonds is 9. The molecule has 0 fully saturated rings. The molecule has 0 atom stereocenters. The number of nitrogens with zero attached hydrogens (tertiary/aromatic N) is 1. The van der Waals surface area contributed by atoms with E-state index in [4.69, 9.17) is 4.74 Å². The van der Waals surface area contributed by atoms with Gasteiger partial charge < -0.3 is 10.1 Å². The summed E-state index contributed by atoms with van der Waals surface area (Å²) in [6, 6.07) is 4.14. The molecule has 102 valence electrons. The Kier molecular flexibility index (Phi) is 5.81. The zero-order valence-corrected chi connectivity index (χ0v) is 11.7. The minimum Gasteiger partial charge on any atom is -0.380 e. The first-order chi connectivity index (χ1) is 9.42. The highest BCUT2D eigenvalue weighted by Gasteiger charge is 2.07. The summed E-state index contributed by atoms with van der Waals surface area (Å²) >= 11 is 1.71. The lowest BCUT2D eigenvalue weighted by atomic mass is 10.2. The Morgan fingerprint density at radius 3 is 3.21 bits per heavy atom. The monoisotopic (exact) mass is 277 g/mol. The third-order valence-electron chi connectivity index (χ3n) is 2.69. The molecule has 0 aliphatic rings. The third kappa shape index (κ3) is 4.31. The van der Waals surface area contributed by atoms with Gasteiger partial charge in [0.1, 0.15) is 0 Å². The van der Waals surface area contributed by atoms with Crippen molar-refractivity contribution in [3.05, 3.63) is 41.9 Å². The van der Waals surface area contributed by atoms with E-state index >= 15 is 0 Å². The van der Waals surface area contributed by atoms with Crippen LogP contribution in [0.4, 0.5) is 0 Å². The van der Waals surface area contributed by atoms with E-state index in [1.807, 2.05) is 18.3 Å². The molecule has 2 rings (SSSR count). The summed E-state index contributed by atoms with van der Waals surface area (Å²) in [6.07, 6.45) is 4.65. The molecule has 0 saturated heterocycles. The number of ether oxygens (including phenoxy) is 1. The molecule has 2 N–H and O–H groups in total. The van der Waals surface area contributed by atoms with E-state index in [1.54, 1.807) is 11.3 Å². The Morgan fingerprint density at radius 1 is 1.47 bits per heavy atom. The second-order valence-corrected chi connectivity index (χ2v) is 5.06. The number of hydrogen-bond donors (Lipinski definition) is 2. The van der Waals surface area contributed by atoms with Gasteiger partial charge in [-0.25, -0.2) is 0 Å². The largest absolute Gasteiger partial charge is 0.380 e. The molecule has 0 aliphatic heterocycles. The van der Waals surface area contributed by atoms with Crippen molar-refractivity contribution in [3.8, 4) is 10.6 Å². The minimum atomic E-state index is 0.722. The molecule has 0 amide bonds. The maximum atomic E-state index is 5.44. The number of aromatic nitrogens is 2. The number of hydrogen-bond acceptors (Lipinski definition) is 4. The Bertz CT molecular complexity index is 479. The molecule has 0 bridgehead atoms. The summed E-state index contributed by atoms with van der Waals surface area (Å²) in [6.45, 7) is 6.77. The first-order valence-corrected chi connectivity index (χ1v) is 7.25. The summed E-state index contributed by atoms with van der Waals surface area (Å²) in [5.41, 5.74) is 2.30. The second-order valence-electron chi connectivity index (χ2n) is 4.11. The van der Waals surface area contributed by atoms with Crippen LogP contribution in [0.5, 0.6) is 0 Å². The smallest absolute Gasteiger partial charge is 0.0794 e. The number of H-pyrrole nitrogens is 1. The molecule has 0 aromatic carbocycles.